The Morgan fingerprint density at radius 3 is 1.68 bits per heavy atom. The van der Waals surface area contributed by atoms with E-state index in [9.17, 15) is 15.0 Å². The second-order valence-corrected chi connectivity index (χ2v) is 7.68. The molecule has 2 aromatic carbocycles. The highest BCUT2D eigenvalue weighted by Gasteiger charge is 1.97. The number of phenolic OH excluding ortho intramolecular Hbond substituents is 3. The number of carboxylic acid groups (broad SMARTS) is 1. The number of hydrogen-bond donors (Lipinski definition) is 4. The van der Waals surface area contributed by atoms with E-state index in [-0.39, 0.29) is 17.2 Å². The lowest BCUT2D eigenvalue weighted by atomic mass is 10.1. The summed E-state index contributed by atoms with van der Waals surface area (Å²) in [6.45, 7) is 2.23. The van der Waals surface area contributed by atoms with Gasteiger partial charge in [0.1, 0.15) is 17.2 Å². The van der Waals surface area contributed by atoms with Crippen LogP contribution in [0.1, 0.15) is 82.3 Å². The van der Waals surface area contributed by atoms with Gasteiger partial charge in [0.2, 0.25) is 0 Å². The smallest absolute Gasteiger partial charge is 0.303 e. The fourth-order valence-corrected chi connectivity index (χ4v) is 3.08. The van der Waals surface area contributed by atoms with E-state index in [1.165, 1.54) is 51.0 Å². The highest BCUT2D eigenvalue weighted by atomic mass is 16.4. The van der Waals surface area contributed by atoms with Gasteiger partial charge in [0.05, 0.1) is 0 Å². The number of unbranched alkanes of at least 4 members (excludes halogenated alkanes) is 8. The minimum Gasteiger partial charge on any atom is -0.508 e. The Bertz CT molecular complexity index is 761. The third-order valence-corrected chi connectivity index (χ3v) is 4.78. The van der Waals surface area contributed by atoms with Crippen LogP contribution in [0.4, 0.5) is 0 Å². The fourth-order valence-electron chi connectivity index (χ4n) is 3.08. The van der Waals surface area contributed by atoms with Crippen LogP contribution in [0.25, 0.3) is 12.2 Å². The van der Waals surface area contributed by atoms with Crippen LogP contribution in [-0.2, 0) is 4.79 Å². The number of benzene rings is 2. The SMILES string of the molecule is CCCCCCCCCCCC(=O)O.Oc1ccc(C=Cc2cc(O)cc(O)c2)cc1. The minimum absolute atomic E-state index is 0.0235. The van der Waals surface area contributed by atoms with Crippen LogP contribution in [0.3, 0.4) is 0 Å². The van der Waals surface area contributed by atoms with E-state index in [4.69, 9.17) is 10.2 Å². The molecular formula is C26H36O5. The van der Waals surface area contributed by atoms with Crippen molar-refractivity contribution in [1.82, 2.24) is 0 Å². The number of carboxylic acids is 1. The van der Waals surface area contributed by atoms with Crippen LogP contribution >= 0.6 is 0 Å². The Hall–Kier alpha value is -2.95. The number of rotatable bonds is 12. The van der Waals surface area contributed by atoms with E-state index in [0.717, 1.165) is 18.4 Å². The molecular weight excluding hydrogens is 392 g/mol. The van der Waals surface area contributed by atoms with Gasteiger partial charge in [-0.25, -0.2) is 0 Å². The van der Waals surface area contributed by atoms with Gasteiger partial charge >= 0.3 is 5.97 Å². The molecule has 0 bridgehead atoms. The lowest BCUT2D eigenvalue weighted by molar-refractivity contribution is -0.137. The molecule has 5 nitrogen and oxygen atoms in total. The highest BCUT2D eigenvalue weighted by molar-refractivity contribution is 5.71. The Morgan fingerprint density at radius 1 is 0.677 bits per heavy atom. The summed E-state index contributed by atoms with van der Waals surface area (Å²) in [4.78, 5) is 10.2. The molecule has 31 heavy (non-hydrogen) atoms. The Kier molecular flexibility index (Phi) is 13.3. The number of aliphatic carboxylic acids is 1. The zero-order chi connectivity index (χ0) is 22.9. The molecule has 0 fully saturated rings. The lowest BCUT2D eigenvalue weighted by Gasteiger charge is -2.00. The molecule has 2 aromatic rings. The maximum absolute atomic E-state index is 10.2. The van der Waals surface area contributed by atoms with Crippen molar-refractivity contribution >= 4 is 18.1 Å². The summed E-state index contributed by atoms with van der Waals surface area (Å²) in [5, 5.41) is 36.1. The number of hydrogen-bond acceptors (Lipinski definition) is 4. The molecule has 0 saturated heterocycles. The molecule has 0 unspecified atom stereocenters. The van der Waals surface area contributed by atoms with Gasteiger partial charge in [0.15, 0.2) is 0 Å². The first kappa shape index (κ1) is 26.1. The quantitative estimate of drug-likeness (QED) is 0.216. The fraction of sp³-hybridized carbons (Fsp3) is 0.423. The molecule has 5 heteroatoms. The zero-order valence-electron chi connectivity index (χ0n) is 18.5. The maximum Gasteiger partial charge on any atom is 0.303 e. The molecule has 0 aliphatic heterocycles. The van der Waals surface area contributed by atoms with E-state index in [2.05, 4.69) is 6.92 Å². The van der Waals surface area contributed by atoms with Crippen LogP contribution in [0.5, 0.6) is 17.2 Å². The van der Waals surface area contributed by atoms with Gasteiger partial charge in [0, 0.05) is 12.5 Å². The van der Waals surface area contributed by atoms with Crippen LogP contribution < -0.4 is 0 Å². The molecule has 0 saturated carbocycles. The topological polar surface area (TPSA) is 98.0 Å². The summed E-state index contributed by atoms with van der Waals surface area (Å²) in [5.41, 5.74) is 1.63. The van der Waals surface area contributed by atoms with Crippen LogP contribution in [0.15, 0.2) is 42.5 Å². The van der Waals surface area contributed by atoms with Crippen molar-refractivity contribution in [3.8, 4) is 17.2 Å². The van der Waals surface area contributed by atoms with E-state index in [1.807, 2.05) is 6.08 Å². The predicted molar refractivity (Wildman–Crippen MR) is 126 cm³/mol. The minimum atomic E-state index is -0.659. The van der Waals surface area contributed by atoms with E-state index in [1.54, 1.807) is 42.5 Å². The van der Waals surface area contributed by atoms with Gasteiger partial charge in [-0.2, -0.15) is 0 Å². The van der Waals surface area contributed by atoms with E-state index < -0.39 is 5.97 Å². The summed E-state index contributed by atoms with van der Waals surface area (Å²) in [7, 11) is 0. The highest BCUT2D eigenvalue weighted by Crippen LogP contribution is 2.22. The molecule has 0 spiro atoms. The monoisotopic (exact) mass is 428 g/mol. The summed E-state index contributed by atoms with van der Waals surface area (Å²) in [5.74, 6) is -0.393. The molecule has 0 aliphatic rings. The van der Waals surface area contributed by atoms with Crippen molar-refractivity contribution in [3.63, 3.8) is 0 Å². The van der Waals surface area contributed by atoms with Crippen LogP contribution in [0, 0.1) is 0 Å². The summed E-state index contributed by atoms with van der Waals surface area (Å²) in [6.07, 6.45) is 15.1. The van der Waals surface area contributed by atoms with Crippen molar-refractivity contribution in [2.24, 2.45) is 0 Å². The largest absolute Gasteiger partial charge is 0.508 e. The van der Waals surface area contributed by atoms with E-state index in [0.29, 0.717) is 12.0 Å². The van der Waals surface area contributed by atoms with Gasteiger partial charge in [-0.15, -0.1) is 0 Å². The molecule has 2 rings (SSSR count). The third-order valence-electron chi connectivity index (χ3n) is 4.78. The van der Waals surface area contributed by atoms with Gasteiger partial charge < -0.3 is 20.4 Å². The Labute approximate surface area is 185 Å². The molecule has 170 valence electrons. The maximum atomic E-state index is 10.2. The molecule has 0 aromatic heterocycles. The van der Waals surface area contributed by atoms with Gasteiger partial charge in [-0.3, -0.25) is 4.79 Å². The van der Waals surface area contributed by atoms with Crippen molar-refractivity contribution in [2.75, 3.05) is 0 Å². The van der Waals surface area contributed by atoms with Crippen molar-refractivity contribution in [3.05, 3.63) is 53.6 Å². The van der Waals surface area contributed by atoms with Crippen molar-refractivity contribution in [1.29, 1.82) is 0 Å². The van der Waals surface area contributed by atoms with Gasteiger partial charge in [-0.1, -0.05) is 82.6 Å². The first-order valence-electron chi connectivity index (χ1n) is 11.1. The van der Waals surface area contributed by atoms with Crippen molar-refractivity contribution in [2.45, 2.75) is 71.1 Å². The normalized spacial score (nSPS) is 10.6. The standard InChI is InChI=1S/C14H12O3.C12H24O2/c15-12-5-3-10(4-6-12)1-2-11-7-13(16)9-14(17)8-11;1-2-3-4-5-6-7-8-9-10-11-12(13)14/h1-9,15-17H;2-11H2,1H3,(H,13,14). The van der Waals surface area contributed by atoms with Crippen molar-refractivity contribution < 1.29 is 25.2 Å². The average Bonchev–Trinajstić information content (AvgIpc) is 2.72. The molecule has 0 aliphatic carbocycles. The van der Waals surface area contributed by atoms with E-state index >= 15 is 0 Å². The Balaban J connectivity index is 0.000000318. The molecule has 4 N–H and O–H groups in total. The number of aromatic hydroxyl groups is 3. The number of phenols is 3. The van der Waals surface area contributed by atoms with Gasteiger partial charge in [0.25, 0.3) is 0 Å². The second kappa shape index (κ2) is 15.8. The lowest BCUT2D eigenvalue weighted by Crippen LogP contribution is -1.93. The summed E-state index contributed by atoms with van der Waals surface area (Å²) in [6, 6.07) is 11.1. The molecule has 0 heterocycles. The molecule has 0 radical (unpaired) electrons. The molecule has 0 atom stereocenters. The zero-order valence-corrected chi connectivity index (χ0v) is 18.5. The Morgan fingerprint density at radius 2 is 1.16 bits per heavy atom. The number of carbonyl (C=O) groups is 1. The van der Waals surface area contributed by atoms with Gasteiger partial charge in [-0.05, 0) is 41.8 Å². The summed E-state index contributed by atoms with van der Waals surface area (Å²) < 4.78 is 0. The second-order valence-electron chi connectivity index (χ2n) is 7.68. The predicted octanol–water partition coefficient (Wildman–Crippen LogP) is 6.97. The van der Waals surface area contributed by atoms with Crippen LogP contribution in [0.2, 0.25) is 0 Å². The summed E-state index contributed by atoms with van der Waals surface area (Å²) >= 11 is 0. The first-order valence-corrected chi connectivity index (χ1v) is 11.1. The first-order chi connectivity index (χ1) is 14.9. The third kappa shape index (κ3) is 13.8. The average molecular weight is 429 g/mol. The van der Waals surface area contributed by atoms with Crippen LogP contribution in [-0.4, -0.2) is 26.4 Å². The molecule has 0 amide bonds.